The summed E-state index contributed by atoms with van der Waals surface area (Å²) in [7, 11) is 0. The number of benzene rings is 1. The number of carbonyl (C=O) groups excluding carboxylic acids is 1. The first-order valence-electron chi connectivity index (χ1n) is 6.34. The van der Waals surface area contributed by atoms with Crippen molar-refractivity contribution >= 4 is 12.3 Å². The topological polar surface area (TPSA) is 86.0 Å². The monoisotopic (exact) mass is 288 g/mol. The van der Waals surface area contributed by atoms with E-state index in [1.54, 1.807) is 18.2 Å². The van der Waals surface area contributed by atoms with E-state index in [1.807, 2.05) is 6.07 Å². The van der Waals surface area contributed by atoms with Crippen LogP contribution in [0.15, 0.2) is 34.9 Å². The molecule has 3 rings (SSSR count). The molecule has 6 nitrogen and oxygen atoms in total. The zero-order chi connectivity index (χ0) is 14.8. The van der Waals surface area contributed by atoms with Crippen molar-refractivity contribution in [3.8, 4) is 22.6 Å². The largest absolute Gasteiger partial charge is 0.481 e. The number of furan rings is 1. The van der Waals surface area contributed by atoms with E-state index in [0.29, 0.717) is 17.8 Å². The van der Waals surface area contributed by atoms with E-state index in [-0.39, 0.29) is 19.0 Å². The van der Waals surface area contributed by atoms with Gasteiger partial charge in [-0.05, 0) is 23.8 Å². The molecular formula is C15H12O6. The zero-order valence-corrected chi connectivity index (χ0v) is 10.9. The van der Waals surface area contributed by atoms with E-state index in [2.05, 4.69) is 0 Å². The Bertz CT molecular complexity index is 687. The Labute approximate surface area is 119 Å². The van der Waals surface area contributed by atoms with Gasteiger partial charge in [0.1, 0.15) is 18.0 Å². The molecule has 1 atom stereocenters. The highest BCUT2D eigenvalue weighted by Gasteiger charge is 2.23. The molecule has 6 heteroatoms. The lowest BCUT2D eigenvalue weighted by molar-refractivity contribution is -0.140. The Morgan fingerprint density at radius 2 is 2.05 bits per heavy atom. The maximum Gasteiger partial charge on any atom is 0.314 e. The number of ether oxygens (including phenoxy) is 2. The summed E-state index contributed by atoms with van der Waals surface area (Å²) in [6.07, 6.45) is 1.92. The molecule has 0 spiro atoms. The summed E-state index contributed by atoms with van der Waals surface area (Å²) in [6.45, 7) is 0.190. The fourth-order valence-electron chi connectivity index (χ4n) is 2.20. The number of aldehydes is 1. The van der Waals surface area contributed by atoms with E-state index in [1.165, 1.54) is 6.26 Å². The van der Waals surface area contributed by atoms with Crippen LogP contribution in [-0.4, -0.2) is 24.2 Å². The van der Waals surface area contributed by atoms with Crippen molar-refractivity contribution in [2.45, 2.75) is 12.3 Å². The molecule has 0 aliphatic carbocycles. The second kappa shape index (κ2) is 5.32. The molecule has 1 aliphatic rings. The lowest BCUT2D eigenvalue weighted by Crippen LogP contribution is -2.11. The van der Waals surface area contributed by atoms with Gasteiger partial charge >= 0.3 is 5.97 Å². The Morgan fingerprint density at radius 3 is 2.81 bits per heavy atom. The van der Waals surface area contributed by atoms with E-state index >= 15 is 0 Å². The molecular weight excluding hydrogens is 276 g/mol. The van der Waals surface area contributed by atoms with Crippen LogP contribution in [0.25, 0.3) is 11.1 Å². The smallest absolute Gasteiger partial charge is 0.314 e. The van der Waals surface area contributed by atoms with Crippen LogP contribution in [0, 0.1) is 0 Å². The fourth-order valence-corrected chi connectivity index (χ4v) is 2.20. The maximum absolute atomic E-state index is 11.1. The molecule has 1 aliphatic heterocycles. The Hall–Kier alpha value is -2.76. The minimum atomic E-state index is -1.09. The van der Waals surface area contributed by atoms with Crippen LogP contribution in [0.2, 0.25) is 0 Å². The standard InChI is InChI=1S/C15H12O6/c16-4-3-11(15(17)18)13-6-10(7-19-13)9-1-2-12-14(5-9)21-8-20-12/h1-2,4-7,11H,3,8H2,(H,17,18). The van der Waals surface area contributed by atoms with Crippen LogP contribution in [0.1, 0.15) is 18.1 Å². The third-order valence-corrected chi connectivity index (χ3v) is 3.30. The van der Waals surface area contributed by atoms with E-state index < -0.39 is 11.9 Å². The van der Waals surface area contributed by atoms with E-state index in [0.717, 1.165) is 11.1 Å². The zero-order valence-electron chi connectivity index (χ0n) is 10.9. The van der Waals surface area contributed by atoms with Gasteiger partial charge in [-0.25, -0.2) is 0 Å². The lowest BCUT2D eigenvalue weighted by atomic mass is 10.0. The van der Waals surface area contributed by atoms with E-state index in [9.17, 15) is 9.59 Å². The molecule has 0 saturated heterocycles. The molecule has 1 N–H and O–H groups in total. The molecule has 0 bridgehead atoms. The lowest BCUT2D eigenvalue weighted by Gasteiger charge is -2.04. The number of hydrogen-bond acceptors (Lipinski definition) is 5. The van der Waals surface area contributed by atoms with Crippen LogP contribution >= 0.6 is 0 Å². The second-order valence-corrected chi connectivity index (χ2v) is 4.60. The Morgan fingerprint density at radius 1 is 1.24 bits per heavy atom. The number of carbonyl (C=O) groups is 2. The second-order valence-electron chi connectivity index (χ2n) is 4.60. The molecule has 21 heavy (non-hydrogen) atoms. The van der Waals surface area contributed by atoms with E-state index in [4.69, 9.17) is 19.0 Å². The number of fused-ring (bicyclic) bond motifs is 1. The van der Waals surface area contributed by atoms with Crippen molar-refractivity contribution in [1.29, 1.82) is 0 Å². The first kappa shape index (κ1) is 13.2. The van der Waals surface area contributed by atoms with Gasteiger partial charge in [-0.15, -0.1) is 0 Å². The van der Waals surface area contributed by atoms with Crippen molar-refractivity contribution in [3.05, 3.63) is 36.3 Å². The average molecular weight is 288 g/mol. The summed E-state index contributed by atoms with van der Waals surface area (Å²) in [5.41, 5.74) is 1.55. The van der Waals surface area contributed by atoms with Gasteiger partial charge in [-0.2, -0.15) is 0 Å². The minimum absolute atomic E-state index is 0.122. The molecule has 0 saturated carbocycles. The first-order valence-corrected chi connectivity index (χ1v) is 6.34. The van der Waals surface area contributed by atoms with Crippen molar-refractivity contribution in [2.75, 3.05) is 6.79 Å². The summed E-state index contributed by atoms with van der Waals surface area (Å²) in [5, 5.41) is 9.11. The highest BCUT2D eigenvalue weighted by Crippen LogP contribution is 2.37. The van der Waals surface area contributed by atoms with Crippen LogP contribution in [0.5, 0.6) is 11.5 Å². The van der Waals surface area contributed by atoms with Crippen molar-refractivity contribution in [3.63, 3.8) is 0 Å². The highest BCUT2D eigenvalue weighted by molar-refractivity contribution is 5.79. The predicted molar refractivity (Wildman–Crippen MR) is 71.3 cm³/mol. The summed E-state index contributed by atoms with van der Waals surface area (Å²) < 4.78 is 15.8. The predicted octanol–water partition coefficient (Wildman–Crippen LogP) is 2.43. The van der Waals surface area contributed by atoms with Crippen molar-refractivity contribution in [2.24, 2.45) is 0 Å². The Balaban J connectivity index is 1.90. The van der Waals surface area contributed by atoms with Gasteiger partial charge in [-0.1, -0.05) is 6.07 Å². The SMILES string of the molecule is O=CCC(C(=O)O)c1cc(-c2ccc3c(c2)OCO3)co1. The number of aliphatic carboxylic acids is 1. The number of carboxylic acids is 1. The third kappa shape index (κ3) is 2.47. The van der Waals surface area contributed by atoms with Crippen LogP contribution in [-0.2, 0) is 9.59 Å². The number of hydrogen-bond donors (Lipinski definition) is 1. The third-order valence-electron chi connectivity index (χ3n) is 3.30. The quantitative estimate of drug-likeness (QED) is 0.850. The molecule has 0 fully saturated rings. The highest BCUT2D eigenvalue weighted by atomic mass is 16.7. The summed E-state index contributed by atoms with van der Waals surface area (Å²) in [5.74, 6) is -0.494. The molecule has 0 amide bonds. The van der Waals surface area contributed by atoms with Gasteiger partial charge in [0.25, 0.3) is 0 Å². The summed E-state index contributed by atoms with van der Waals surface area (Å²) in [6, 6.07) is 7.04. The molecule has 1 aromatic heterocycles. The summed E-state index contributed by atoms with van der Waals surface area (Å²) >= 11 is 0. The molecule has 1 unspecified atom stereocenters. The molecule has 1 aromatic carbocycles. The first-order chi connectivity index (χ1) is 10.2. The molecule has 2 heterocycles. The van der Waals surface area contributed by atoms with Gasteiger partial charge in [0, 0.05) is 12.0 Å². The normalized spacial score (nSPS) is 13.9. The van der Waals surface area contributed by atoms with Gasteiger partial charge in [0.2, 0.25) is 6.79 Å². The minimum Gasteiger partial charge on any atom is -0.481 e. The molecule has 108 valence electrons. The Kier molecular flexibility index (Phi) is 3.35. The van der Waals surface area contributed by atoms with Crippen LogP contribution in [0.3, 0.4) is 0 Å². The van der Waals surface area contributed by atoms with Crippen LogP contribution < -0.4 is 9.47 Å². The number of carboxylic acid groups (broad SMARTS) is 1. The van der Waals surface area contributed by atoms with Gasteiger partial charge in [0.15, 0.2) is 11.5 Å². The van der Waals surface area contributed by atoms with Gasteiger partial charge in [0.05, 0.1) is 6.26 Å². The van der Waals surface area contributed by atoms with Crippen molar-refractivity contribution < 1.29 is 28.6 Å². The molecule has 2 aromatic rings. The number of rotatable bonds is 5. The summed E-state index contributed by atoms with van der Waals surface area (Å²) in [4.78, 5) is 21.7. The average Bonchev–Trinajstić information content (AvgIpc) is 3.12. The van der Waals surface area contributed by atoms with Gasteiger partial charge < -0.3 is 23.8 Å². The van der Waals surface area contributed by atoms with Crippen LogP contribution in [0.4, 0.5) is 0 Å². The molecule has 0 radical (unpaired) electrons. The maximum atomic E-state index is 11.1. The van der Waals surface area contributed by atoms with Crippen molar-refractivity contribution in [1.82, 2.24) is 0 Å². The fraction of sp³-hybridized carbons (Fsp3) is 0.200. The van der Waals surface area contributed by atoms with Gasteiger partial charge in [-0.3, -0.25) is 4.79 Å².